The molecular formula is C22H36N4O4. The molecule has 0 radical (unpaired) electrons. The van der Waals surface area contributed by atoms with Crippen molar-refractivity contribution in [2.75, 3.05) is 61.6 Å². The molecule has 0 spiro atoms. The summed E-state index contributed by atoms with van der Waals surface area (Å²) in [6.07, 6.45) is 1.80. The number of esters is 1. The van der Waals surface area contributed by atoms with E-state index in [-0.39, 0.29) is 17.9 Å². The Morgan fingerprint density at radius 1 is 1.30 bits per heavy atom. The van der Waals surface area contributed by atoms with Crippen LogP contribution in [0.15, 0.2) is 23.2 Å². The molecule has 1 saturated heterocycles. The van der Waals surface area contributed by atoms with E-state index in [4.69, 9.17) is 14.2 Å². The summed E-state index contributed by atoms with van der Waals surface area (Å²) in [4.78, 5) is 20.9. The quantitative estimate of drug-likeness (QED) is 0.392. The second-order valence-corrected chi connectivity index (χ2v) is 7.56. The van der Waals surface area contributed by atoms with E-state index in [0.717, 1.165) is 30.9 Å². The molecule has 0 aromatic heterocycles. The lowest BCUT2D eigenvalue weighted by Crippen LogP contribution is -2.49. The summed E-state index contributed by atoms with van der Waals surface area (Å²) in [6.45, 7) is 4.42. The van der Waals surface area contributed by atoms with Crippen LogP contribution in [-0.2, 0) is 9.53 Å². The molecule has 0 aliphatic carbocycles. The number of nitrogens with zero attached hydrogens (tertiary/aromatic N) is 3. The number of ether oxygens (including phenoxy) is 3. The molecule has 1 fully saturated rings. The van der Waals surface area contributed by atoms with Gasteiger partial charge < -0.3 is 29.3 Å². The molecule has 2 rings (SSSR count). The van der Waals surface area contributed by atoms with Crippen molar-refractivity contribution in [1.29, 1.82) is 0 Å². The second-order valence-electron chi connectivity index (χ2n) is 7.56. The SMILES string of the molecule is CCOC(=O)C1CCCN(C(=NC)NCC(c2ccc(OC)c(OC)c2)N(C)C)C1. The van der Waals surface area contributed by atoms with Gasteiger partial charge in [-0.2, -0.15) is 0 Å². The summed E-state index contributed by atoms with van der Waals surface area (Å²) >= 11 is 0. The Balaban J connectivity index is 2.08. The van der Waals surface area contributed by atoms with Crippen molar-refractivity contribution in [2.24, 2.45) is 10.9 Å². The molecule has 1 aliphatic heterocycles. The summed E-state index contributed by atoms with van der Waals surface area (Å²) in [6, 6.07) is 6.08. The van der Waals surface area contributed by atoms with Crippen molar-refractivity contribution < 1.29 is 19.0 Å². The third-order valence-corrected chi connectivity index (χ3v) is 5.42. The Bertz CT molecular complexity index is 723. The number of likely N-dealkylation sites (N-methyl/N-ethyl adjacent to an activating group) is 1. The molecule has 0 saturated carbocycles. The van der Waals surface area contributed by atoms with Crippen LogP contribution < -0.4 is 14.8 Å². The highest BCUT2D eigenvalue weighted by Crippen LogP contribution is 2.31. The van der Waals surface area contributed by atoms with E-state index in [1.807, 2.05) is 39.2 Å². The number of piperidine rings is 1. The first-order valence-electron chi connectivity index (χ1n) is 10.5. The predicted octanol–water partition coefficient (Wildman–Crippen LogP) is 2.16. The van der Waals surface area contributed by atoms with Gasteiger partial charge in [0.2, 0.25) is 0 Å². The molecule has 30 heavy (non-hydrogen) atoms. The molecule has 2 atom stereocenters. The number of methoxy groups -OCH3 is 2. The largest absolute Gasteiger partial charge is 0.493 e. The first-order chi connectivity index (χ1) is 14.4. The average Bonchev–Trinajstić information content (AvgIpc) is 2.76. The molecule has 1 aliphatic rings. The summed E-state index contributed by atoms with van der Waals surface area (Å²) < 4.78 is 16.0. The number of nitrogens with one attached hydrogen (secondary N) is 1. The fourth-order valence-electron chi connectivity index (χ4n) is 3.80. The van der Waals surface area contributed by atoms with E-state index < -0.39 is 0 Å². The summed E-state index contributed by atoms with van der Waals surface area (Å²) in [5.41, 5.74) is 1.11. The molecule has 0 bridgehead atoms. The van der Waals surface area contributed by atoms with Crippen molar-refractivity contribution in [3.05, 3.63) is 23.8 Å². The van der Waals surface area contributed by atoms with Crippen molar-refractivity contribution in [1.82, 2.24) is 15.1 Å². The summed E-state index contributed by atoms with van der Waals surface area (Å²) in [7, 11) is 9.14. The Hall–Kier alpha value is -2.48. The van der Waals surface area contributed by atoms with Crippen LogP contribution in [0, 0.1) is 5.92 Å². The van der Waals surface area contributed by atoms with Gasteiger partial charge in [-0.1, -0.05) is 6.07 Å². The number of aliphatic imine (C=N–C) groups is 1. The van der Waals surface area contributed by atoms with Gasteiger partial charge in [0.05, 0.1) is 32.8 Å². The Kier molecular flexibility index (Phi) is 9.23. The van der Waals surface area contributed by atoms with Crippen molar-refractivity contribution in [2.45, 2.75) is 25.8 Å². The van der Waals surface area contributed by atoms with Gasteiger partial charge in [0, 0.05) is 26.7 Å². The minimum Gasteiger partial charge on any atom is -0.493 e. The number of hydrogen-bond donors (Lipinski definition) is 1. The van der Waals surface area contributed by atoms with Gasteiger partial charge >= 0.3 is 5.97 Å². The first-order valence-corrected chi connectivity index (χ1v) is 10.5. The van der Waals surface area contributed by atoms with Crippen molar-refractivity contribution in [3.8, 4) is 11.5 Å². The van der Waals surface area contributed by atoms with Crippen LogP contribution in [0.1, 0.15) is 31.4 Å². The van der Waals surface area contributed by atoms with Gasteiger partial charge in [0.15, 0.2) is 17.5 Å². The average molecular weight is 421 g/mol. The third-order valence-electron chi connectivity index (χ3n) is 5.42. The lowest BCUT2D eigenvalue weighted by atomic mass is 9.98. The molecule has 8 heteroatoms. The highest BCUT2D eigenvalue weighted by molar-refractivity contribution is 5.81. The molecule has 1 heterocycles. The van der Waals surface area contributed by atoms with Crippen LogP contribution >= 0.6 is 0 Å². The smallest absolute Gasteiger partial charge is 0.310 e. The van der Waals surface area contributed by atoms with E-state index in [1.165, 1.54) is 0 Å². The fourth-order valence-corrected chi connectivity index (χ4v) is 3.80. The number of carbonyl (C=O) groups is 1. The number of carbonyl (C=O) groups excluding carboxylic acids is 1. The van der Waals surface area contributed by atoms with Crippen LogP contribution in [0.4, 0.5) is 0 Å². The van der Waals surface area contributed by atoms with E-state index in [1.54, 1.807) is 21.3 Å². The minimum atomic E-state index is -0.117. The van der Waals surface area contributed by atoms with E-state index in [9.17, 15) is 4.79 Å². The summed E-state index contributed by atoms with van der Waals surface area (Å²) in [5, 5.41) is 3.49. The Labute approximate surface area is 180 Å². The predicted molar refractivity (Wildman–Crippen MR) is 118 cm³/mol. The number of benzene rings is 1. The molecule has 168 valence electrons. The molecule has 1 aromatic rings. The topological polar surface area (TPSA) is 75.6 Å². The molecule has 8 nitrogen and oxygen atoms in total. The van der Waals surface area contributed by atoms with Crippen LogP contribution in [0.5, 0.6) is 11.5 Å². The highest BCUT2D eigenvalue weighted by atomic mass is 16.5. The minimum absolute atomic E-state index is 0.104. The van der Waals surface area contributed by atoms with Gasteiger partial charge in [-0.05, 0) is 51.6 Å². The molecular weight excluding hydrogens is 384 g/mol. The Morgan fingerprint density at radius 3 is 2.63 bits per heavy atom. The van der Waals surface area contributed by atoms with E-state index >= 15 is 0 Å². The van der Waals surface area contributed by atoms with Crippen LogP contribution in [0.2, 0.25) is 0 Å². The zero-order valence-corrected chi connectivity index (χ0v) is 19.1. The van der Waals surface area contributed by atoms with Crippen molar-refractivity contribution in [3.63, 3.8) is 0 Å². The van der Waals surface area contributed by atoms with Crippen LogP contribution in [-0.4, -0.2) is 83.3 Å². The maximum absolute atomic E-state index is 12.2. The van der Waals surface area contributed by atoms with Gasteiger partial charge in [0.25, 0.3) is 0 Å². The monoisotopic (exact) mass is 420 g/mol. The number of hydrogen-bond acceptors (Lipinski definition) is 6. The zero-order chi connectivity index (χ0) is 22.1. The first kappa shape index (κ1) is 23.8. The van der Waals surface area contributed by atoms with Gasteiger partial charge in [-0.3, -0.25) is 9.79 Å². The van der Waals surface area contributed by atoms with Crippen molar-refractivity contribution >= 4 is 11.9 Å². The van der Waals surface area contributed by atoms with Gasteiger partial charge in [-0.25, -0.2) is 0 Å². The van der Waals surface area contributed by atoms with Gasteiger partial charge in [-0.15, -0.1) is 0 Å². The molecule has 1 N–H and O–H groups in total. The second kappa shape index (κ2) is 11.6. The third kappa shape index (κ3) is 6.01. The van der Waals surface area contributed by atoms with E-state index in [0.29, 0.717) is 31.2 Å². The highest BCUT2D eigenvalue weighted by Gasteiger charge is 2.29. The number of guanidine groups is 1. The lowest BCUT2D eigenvalue weighted by Gasteiger charge is -2.35. The number of likely N-dealkylation sites (tertiary alicyclic amines) is 1. The lowest BCUT2D eigenvalue weighted by molar-refractivity contribution is -0.149. The summed E-state index contributed by atoms with van der Waals surface area (Å²) in [5.74, 6) is 2.00. The maximum atomic E-state index is 12.2. The maximum Gasteiger partial charge on any atom is 0.310 e. The van der Waals surface area contributed by atoms with E-state index in [2.05, 4.69) is 20.1 Å². The van der Waals surface area contributed by atoms with Crippen LogP contribution in [0.3, 0.4) is 0 Å². The Morgan fingerprint density at radius 2 is 2.03 bits per heavy atom. The normalized spacial score (nSPS) is 18.2. The van der Waals surface area contributed by atoms with Crippen LogP contribution in [0.25, 0.3) is 0 Å². The number of rotatable bonds is 8. The fraction of sp³-hybridized carbons (Fsp3) is 0.636. The standard InChI is InChI=1S/C22H36N4O4/c1-7-30-21(27)17-9-8-12-26(15-17)22(23-2)24-14-18(25(3)4)16-10-11-19(28-5)20(13-16)29-6/h10-11,13,17-18H,7-9,12,14-15H2,1-6H3,(H,23,24). The molecule has 0 amide bonds. The molecule has 1 aromatic carbocycles. The van der Waals surface area contributed by atoms with Gasteiger partial charge in [0.1, 0.15) is 0 Å². The molecule has 2 unspecified atom stereocenters. The zero-order valence-electron chi connectivity index (χ0n) is 19.1.